The third kappa shape index (κ3) is 5.60. The number of fused-ring (bicyclic) bond motifs is 1. The molecule has 162 valence electrons. The number of nitrogens with one attached hydrogen (secondary N) is 2. The van der Waals surface area contributed by atoms with Crippen molar-refractivity contribution in [2.75, 3.05) is 7.11 Å². The Morgan fingerprint density at radius 2 is 2.03 bits per heavy atom. The fourth-order valence-corrected chi connectivity index (χ4v) is 2.68. The first-order valence-electron chi connectivity index (χ1n) is 8.74. The molecule has 30 heavy (non-hydrogen) atoms. The maximum atomic E-state index is 11.8. The highest BCUT2D eigenvalue weighted by Crippen LogP contribution is 2.23. The van der Waals surface area contributed by atoms with Gasteiger partial charge in [0.2, 0.25) is 0 Å². The van der Waals surface area contributed by atoms with Gasteiger partial charge in [0.1, 0.15) is 0 Å². The van der Waals surface area contributed by atoms with Crippen molar-refractivity contribution >= 4 is 22.8 Å². The number of benzene rings is 1. The lowest BCUT2D eigenvalue weighted by molar-refractivity contribution is -0.192. The first kappa shape index (κ1) is 22.9. The SMILES string of the molecule is COC(=O)c1cccc2c(CNC(C)c3cnn(C)c3)c[nH]c12.O=C(O)C(F)(F)F. The lowest BCUT2D eigenvalue weighted by Crippen LogP contribution is -2.21. The van der Waals surface area contributed by atoms with Crippen molar-refractivity contribution < 1.29 is 32.6 Å². The molecule has 0 radical (unpaired) electrons. The summed E-state index contributed by atoms with van der Waals surface area (Å²) in [7, 11) is 3.30. The van der Waals surface area contributed by atoms with Gasteiger partial charge in [-0.15, -0.1) is 0 Å². The van der Waals surface area contributed by atoms with E-state index in [4.69, 9.17) is 14.6 Å². The van der Waals surface area contributed by atoms with E-state index in [1.807, 2.05) is 37.8 Å². The first-order chi connectivity index (χ1) is 14.0. The van der Waals surface area contributed by atoms with Crippen LogP contribution in [0, 0.1) is 0 Å². The Balaban J connectivity index is 0.000000396. The fourth-order valence-electron chi connectivity index (χ4n) is 2.68. The number of hydrogen-bond donors (Lipinski definition) is 3. The number of para-hydroxylation sites is 1. The highest BCUT2D eigenvalue weighted by atomic mass is 19.4. The number of aryl methyl sites for hydroxylation is 1. The first-order valence-corrected chi connectivity index (χ1v) is 8.74. The summed E-state index contributed by atoms with van der Waals surface area (Å²) in [6.07, 6.45) is 0.713. The summed E-state index contributed by atoms with van der Waals surface area (Å²) in [6.45, 7) is 2.80. The number of ether oxygens (including phenoxy) is 1. The van der Waals surface area contributed by atoms with Crippen LogP contribution >= 0.6 is 0 Å². The molecule has 0 bridgehead atoms. The Labute approximate surface area is 169 Å². The Kier molecular flexibility index (Phi) is 7.22. The Hall–Kier alpha value is -3.34. The van der Waals surface area contributed by atoms with Gasteiger partial charge in [0, 0.05) is 43.0 Å². The quantitative estimate of drug-likeness (QED) is 0.541. The third-order valence-corrected chi connectivity index (χ3v) is 4.27. The highest BCUT2D eigenvalue weighted by Gasteiger charge is 2.38. The molecule has 0 aliphatic carbocycles. The second-order valence-corrected chi connectivity index (χ2v) is 6.39. The molecule has 8 nitrogen and oxygen atoms in total. The van der Waals surface area contributed by atoms with Gasteiger partial charge in [-0.3, -0.25) is 4.68 Å². The number of H-pyrrole nitrogens is 1. The number of esters is 1. The minimum atomic E-state index is -5.08. The molecule has 0 fully saturated rings. The summed E-state index contributed by atoms with van der Waals surface area (Å²) in [6, 6.07) is 5.83. The number of methoxy groups -OCH3 is 1. The Morgan fingerprint density at radius 3 is 2.57 bits per heavy atom. The molecule has 3 N–H and O–H groups in total. The number of carbonyl (C=O) groups is 2. The van der Waals surface area contributed by atoms with Gasteiger partial charge in [-0.25, -0.2) is 9.59 Å². The van der Waals surface area contributed by atoms with Crippen LogP contribution in [0.3, 0.4) is 0 Å². The molecule has 0 aliphatic heterocycles. The number of hydrogen-bond acceptors (Lipinski definition) is 5. The van der Waals surface area contributed by atoms with E-state index < -0.39 is 12.1 Å². The van der Waals surface area contributed by atoms with Gasteiger partial charge in [-0.05, 0) is 18.6 Å². The predicted octanol–water partition coefficient (Wildman–Crippen LogP) is 3.17. The molecule has 3 aromatic rings. The van der Waals surface area contributed by atoms with E-state index in [1.54, 1.807) is 10.7 Å². The monoisotopic (exact) mass is 426 g/mol. The summed E-state index contributed by atoms with van der Waals surface area (Å²) >= 11 is 0. The maximum Gasteiger partial charge on any atom is 0.490 e. The zero-order valence-electron chi connectivity index (χ0n) is 16.4. The molecule has 0 amide bonds. The lowest BCUT2D eigenvalue weighted by atomic mass is 10.1. The van der Waals surface area contributed by atoms with Crippen molar-refractivity contribution in [3.05, 3.63) is 53.5 Å². The number of carboxylic acids is 1. The van der Waals surface area contributed by atoms with Gasteiger partial charge < -0.3 is 20.1 Å². The minimum Gasteiger partial charge on any atom is -0.475 e. The number of aromatic amines is 1. The molecule has 3 rings (SSSR count). The fraction of sp³-hybridized carbons (Fsp3) is 0.316. The molecular formula is C19H21F3N4O4. The van der Waals surface area contributed by atoms with Crippen molar-refractivity contribution in [1.29, 1.82) is 0 Å². The smallest absolute Gasteiger partial charge is 0.475 e. The number of carboxylic acid groups (broad SMARTS) is 1. The zero-order valence-corrected chi connectivity index (χ0v) is 16.4. The number of carbonyl (C=O) groups excluding carboxylic acids is 1. The highest BCUT2D eigenvalue weighted by molar-refractivity contribution is 6.03. The van der Waals surface area contributed by atoms with E-state index in [0.717, 1.165) is 22.0 Å². The number of nitrogens with zero attached hydrogens (tertiary/aromatic N) is 2. The van der Waals surface area contributed by atoms with Crippen LogP contribution in [0.1, 0.15) is 34.5 Å². The largest absolute Gasteiger partial charge is 0.490 e. The Bertz CT molecular complexity index is 1030. The second kappa shape index (κ2) is 9.44. The summed E-state index contributed by atoms with van der Waals surface area (Å²) in [5.41, 5.74) is 3.62. The topological polar surface area (TPSA) is 109 Å². The normalized spacial score (nSPS) is 12.2. The molecule has 0 saturated carbocycles. The molecule has 0 saturated heterocycles. The van der Waals surface area contributed by atoms with Crippen LogP contribution in [-0.2, 0) is 23.1 Å². The summed E-state index contributed by atoms with van der Waals surface area (Å²) in [4.78, 5) is 23.9. The number of alkyl halides is 3. The molecule has 0 aliphatic rings. The summed E-state index contributed by atoms with van der Waals surface area (Å²) in [5.74, 6) is -3.09. The van der Waals surface area contributed by atoms with Crippen molar-refractivity contribution in [3.8, 4) is 0 Å². The lowest BCUT2D eigenvalue weighted by Gasteiger charge is -2.11. The van der Waals surface area contributed by atoms with Crippen LogP contribution in [0.25, 0.3) is 10.9 Å². The number of halogens is 3. The van der Waals surface area contributed by atoms with Gasteiger partial charge >= 0.3 is 18.1 Å². The van der Waals surface area contributed by atoms with Crippen molar-refractivity contribution in [2.24, 2.45) is 7.05 Å². The molecule has 2 aromatic heterocycles. The molecule has 11 heteroatoms. The molecule has 1 unspecified atom stereocenters. The molecule has 1 aromatic carbocycles. The van der Waals surface area contributed by atoms with Gasteiger partial charge in [-0.2, -0.15) is 18.3 Å². The standard InChI is InChI=1S/C17H20N4O2.C2HF3O2/c1-11(13-9-20-21(2)10-13)18-7-12-8-19-16-14(12)5-4-6-15(16)17(22)23-3;3-2(4,5)1(6)7/h4-6,8-11,18-19H,7H2,1-3H3;(H,6,7). The van der Waals surface area contributed by atoms with E-state index in [0.29, 0.717) is 12.1 Å². The average molecular weight is 426 g/mol. The average Bonchev–Trinajstić information content (AvgIpc) is 3.31. The van der Waals surface area contributed by atoms with Crippen LogP contribution in [0.4, 0.5) is 13.2 Å². The summed E-state index contributed by atoms with van der Waals surface area (Å²) in [5, 5.41) is 15.8. The van der Waals surface area contributed by atoms with Gasteiger partial charge in [0.05, 0.1) is 24.4 Å². The van der Waals surface area contributed by atoms with E-state index in [-0.39, 0.29) is 12.0 Å². The van der Waals surface area contributed by atoms with Crippen LogP contribution in [-0.4, -0.2) is 45.1 Å². The molecule has 2 heterocycles. The molecule has 1 atom stereocenters. The van der Waals surface area contributed by atoms with Crippen LogP contribution in [0.15, 0.2) is 36.8 Å². The van der Waals surface area contributed by atoms with E-state index >= 15 is 0 Å². The van der Waals surface area contributed by atoms with Crippen LogP contribution in [0.5, 0.6) is 0 Å². The van der Waals surface area contributed by atoms with Crippen molar-refractivity contribution in [3.63, 3.8) is 0 Å². The number of aromatic nitrogens is 3. The van der Waals surface area contributed by atoms with Crippen LogP contribution < -0.4 is 5.32 Å². The molecule has 0 spiro atoms. The van der Waals surface area contributed by atoms with Crippen molar-refractivity contribution in [1.82, 2.24) is 20.1 Å². The number of aliphatic carboxylic acids is 1. The van der Waals surface area contributed by atoms with E-state index in [2.05, 4.69) is 22.3 Å². The second-order valence-electron chi connectivity index (χ2n) is 6.39. The Morgan fingerprint density at radius 1 is 1.37 bits per heavy atom. The zero-order chi connectivity index (χ0) is 22.5. The number of rotatable bonds is 5. The van der Waals surface area contributed by atoms with Gasteiger partial charge in [-0.1, -0.05) is 12.1 Å². The van der Waals surface area contributed by atoms with Gasteiger partial charge in [0.25, 0.3) is 0 Å². The van der Waals surface area contributed by atoms with E-state index in [1.165, 1.54) is 7.11 Å². The minimum absolute atomic E-state index is 0.192. The van der Waals surface area contributed by atoms with Gasteiger partial charge in [0.15, 0.2) is 0 Å². The third-order valence-electron chi connectivity index (χ3n) is 4.27. The summed E-state index contributed by atoms with van der Waals surface area (Å²) < 4.78 is 38.4. The van der Waals surface area contributed by atoms with Crippen molar-refractivity contribution in [2.45, 2.75) is 25.7 Å². The molecular weight excluding hydrogens is 405 g/mol. The predicted molar refractivity (Wildman–Crippen MR) is 102 cm³/mol. The van der Waals surface area contributed by atoms with E-state index in [9.17, 15) is 18.0 Å². The van der Waals surface area contributed by atoms with Crippen LogP contribution in [0.2, 0.25) is 0 Å². The maximum absolute atomic E-state index is 11.8.